The van der Waals surface area contributed by atoms with E-state index in [4.69, 9.17) is 0 Å². The summed E-state index contributed by atoms with van der Waals surface area (Å²) >= 11 is 0. The minimum absolute atomic E-state index is 0.0988. The van der Waals surface area contributed by atoms with Gasteiger partial charge in [0.2, 0.25) is 0 Å². The van der Waals surface area contributed by atoms with E-state index in [-0.39, 0.29) is 11.7 Å². The molecule has 0 aliphatic rings. The van der Waals surface area contributed by atoms with Crippen molar-refractivity contribution in [2.45, 2.75) is 19.3 Å². The third-order valence-corrected chi connectivity index (χ3v) is 3.57. The number of benzene rings is 2. The average molecular weight is 251 g/mol. The maximum atomic E-state index is 9.81. The van der Waals surface area contributed by atoms with Crippen molar-refractivity contribution in [3.8, 4) is 11.8 Å². The van der Waals surface area contributed by atoms with Crippen molar-refractivity contribution in [3.63, 3.8) is 0 Å². The molecule has 2 aromatic rings. The maximum Gasteiger partial charge on any atom is 0.115 e. The van der Waals surface area contributed by atoms with E-state index in [1.165, 1.54) is 0 Å². The van der Waals surface area contributed by atoms with Crippen LogP contribution in [0.5, 0.6) is 5.75 Å². The third kappa shape index (κ3) is 2.20. The fraction of sp³-hybridized carbons (Fsp3) is 0.235. The van der Waals surface area contributed by atoms with Crippen molar-refractivity contribution in [1.82, 2.24) is 0 Å². The van der Waals surface area contributed by atoms with Gasteiger partial charge < -0.3 is 5.11 Å². The van der Waals surface area contributed by atoms with Gasteiger partial charge in [-0.1, -0.05) is 56.3 Å². The Morgan fingerprint density at radius 3 is 2.16 bits per heavy atom. The van der Waals surface area contributed by atoms with Gasteiger partial charge in [0.05, 0.1) is 6.07 Å². The normalized spacial score (nSPS) is 13.8. The van der Waals surface area contributed by atoms with E-state index in [9.17, 15) is 10.4 Å². The smallest absolute Gasteiger partial charge is 0.115 e. The molecule has 1 N–H and O–H groups in total. The molecule has 0 radical (unpaired) electrons. The van der Waals surface area contributed by atoms with Crippen LogP contribution in [-0.2, 0) is 5.41 Å². The van der Waals surface area contributed by atoms with Crippen LogP contribution in [-0.4, -0.2) is 5.11 Å². The van der Waals surface area contributed by atoms with Crippen molar-refractivity contribution in [1.29, 1.82) is 5.26 Å². The Hall–Kier alpha value is -2.27. The molecule has 0 aliphatic heterocycles. The molecule has 0 fully saturated rings. The van der Waals surface area contributed by atoms with Gasteiger partial charge in [0, 0.05) is 0 Å². The number of nitrogens with zero attached hydrogens (tertiary/aromatic N) is 1. The van der Waals surface area contributed by atoms with Crippen LogP contribution in [0, 0.1) is 17.2 Å². The van der Waals surface area contributed by atoms with Crippen LogP contribution in [0.2, 0.25) is 0 Å². The van der Waals surface area contributed by atoms with Crippen LogP contribution in [0.3, 0.4) is 0 Å². The summed E-state index contributed by atoms with van der Waals surface area (Å²) in [5.74, 6) is 0.287. The molecule has 2 rings (SSSR count). The first kappa shape index (κ1) is 13.2. The molecule has 1 unspecified atom stereocenters. The Balaban J connectivity index is 2.69. The van der Waals surface area contributed by atoms with Gasteiger partial charge in [-0.05, 0) is 29.2 Å². The zero-order valence-corrected chi connectivity index (χ0v) is 11.2. The van der Waals surface area contributed by atoms with Crippen molar-refractivity contribution in [2.24, 2.45) is 5.92 Å². The van der Waals surface area contributed by atoms with Crippen LogP contribution in [0.25, 0.3) is 0 Å². The number of rotatable bonds is 3. The summed E-state index contributed by atoms with van der Waals surface area (Å²) in [5.41, 5.74) is 1.05. The quantitative estimate of drug-likeness (QED) is 0.900. The molecule has 19 heavy (non-hydrogen) atoms. The number of nitriles is 1. The fourth-order valence-corrected chi connectivity index (χ4v) is 2.54. The van der Waals surface area contributed by atoms with Gasteiger partial charge in [-0.2, -0.15) is 5.26 Å². The van der Waals surface area contributed by atoms with Crippen LogP contribution in [0.1, 0.15) is 25.0 Å². The van der Waals surface area contributed by atoms with Gasteiger partial charge >= 0.3 is 0 Å². The highest BCUT2D eigenvalue weighted by Crippen LogP contribution is 2.39. The SMILES string of the molecule is CC(C)C(C#N)(c1ccccc1)c1cccc(O)c1. The second-order valence-corrected chi connectivity index (χ2v) is 4.99. The number of hydrogen-bond acceptors (Lipinski definition) is 2. The minimum Gasteiger partial charge on any atom is -0.508 e. The minimum atomic E-state index is -0.736. The van der Waals surface area contributed by atoms with Gasteiger partial charge in [0.15, 0.2) is 0 Å². The molecule has 0 heterocycles. The topological polar surface area (TPSA) is 44.0 Å². The zero-order valence-electron chi connectivity index (χ0n) is 11.2. The van der Waals surface area contributed by atoms with Crippen molar-refractivity contribution < 1.29 is 5.11 Å². The van der Waals surface area contributed by atoms with E-state index in [0.717, 1.165) is 11.1 Å². The molecule has 0 saturated heterocycles. The van der Waals surface area contributed by atoms with Crippen LogP contribution < -0.4 is 0 Å². The number of aromatic hydroxyl groups is 1. The zero-order chi connectivity index (χ0) is 13.9. The third-order valence-electron chi connectivity index (χ3n) is 3.57. The van der Waals surface area contributed by atoms with Crippen LogP contribution in [0.4, 0.5) is 0 Å². The Bertz CT molecular complexity index is 598. The monoisotopic (exact) mass is 251 g/mol. The highest BCUT2D eigenvalue weighted by molar-refractivity contribution is 5.48. The molecular formula is C17H17NO. The molecular weight excluding hydrogens is 234 g/mol. The second-order valence-electron chi connectivity index (χ2n) is 4.99. The molecule has 0 aliphatic carbocycles. The Morgan fingerprint density at radius 1 is 1.00 bits per heavy atom. The summed E-state index contributed by atoms with van der Waals surface area (Å²) in [4.78, 5) is 0. The Labute approximate surface area is 114 Å². The summed E-state index contributed by atoms with van der Waals surface area (Å²) < 4.78 is 0. The molecule has 96 valence electrons. The summed E-state index contributed by atoms with van der Waals surface area (Å²) in [6.45, 7) is 4.06. The predicted molar refractivity (Wildman–Crippen MR) is 75.8 cm³/mol. The van der Waals surface area contributed by atoms with E-state index < -0.39 is 5.41 Å². The lowest BCUT2D eigenvalue weighted by atomic mass is 9.68. The number of phenolic OH excluding ortho intramolecular Hbond substituents is 1. The standard InChI is InChI=1S/C17H17NO/c1-13(2)17(12-18,14-7-4-3-5-8-14)15-9-6-10-16(19)11-15/h3-11,13,19H,1-2H3. The molecule has 2 nitrogen and oxygen atoms in total. The van der Waals surface area contributed by atoms with E-state index in [2.05, 4.69) is 6.07 Å². The highest BCUT2D eigenvalue weighted by Gasteiger charge is 2.38. The van der Waals surface area contributed by atoms with Gasteiger partial charge in [0.25, 0.3) is 0 Å². The molecule has 2 aromatic carbocycles. The first-order chi connectivity index (χ1) is 9.11. The molecule has 0 saturated carbocycles. The fourth-order valence-electron chi connectivity index (χ4n) is 2.54. The Morgan fingerprint density at radius 2 is 1.63 bits per heavy atom. The van der Waals surface area contributed by atoms with Crippen molar-refractivity contribution in [3.05, 3.63) is 65.7 Å². The van der Waals surface area contributed by atoms with Gasteiger partial charge in [-0.25, -0.2) is 0 Å². The summed E-state index contributed by atoms with van der Waals surface area (Å²) in [7, 11) is 0. The lowest BCUT2D eigenvalue weighted by Gasteiger charge is -2.32. The molecule has 0 spiro atoms. The number of phenols is 1. The second kappa shape index (κ2) is 5.16. The lowest BCUT2D eigenvalue weighted by molar-refractivity contribution is 0.451. The summed E-state index contributed by atoms with van der Waals surface area (Å²) in [6.07, 6.45) is 0. The first-order valence-electron chi connectivity index (χ1n) is 6.37. The van der Waals surface area contributed by atoms with Gasteiger partial charge in [0.1, 0.15) is 11.2 Å². The van der Waals surface area contributed by atoms with E-state index in [1.54, 1.807) is 18.2 Å². The van der Waals surface area contributed by atoms with E-state index in [0.29, 0.717) is 0 Å². The molecule has 0 amide bonds. The summed E-state index contributed by atoms with van der Waals surface area (Å²) in [6, 6.07) is 19.2. The Kier molecular flexibility index (Phi) is 3.57. The van der Waals surface area contributed by atoms with E-state index in [1.807, 2.05) is 50.2 Å². The summed E-state index contributed by atoms with van der Waals surface area (Å²) in [5, 5.41) is 19.5. The lowest BCUT2D eigenvalue weighted by Crippen LogP contribution is -2.32. The van der Waals surface area contributed by atoms with Crippen molar-refractivity contribution >= 4 is 0 Å². The van der Waals surface area contributed by atoms with Crippen molar-refractivity contribution in [2.75, 3.05) is 0 Å². The maximum absolute atomic E-state index is 9.81. The van der Waals surface area contributed by atoms with Gasteiger partial charge in [-0.15, -0.1) is 0 Å². The van der Waals surface area contributed by atoms with E-state index >= 15 is 0 Å². The van der Waals surface area contributed by atoms with Crippen LogP contribution >= 0.6 is 0 Å². The number of hydrogen-bond donors (Lipinski definition) is 1. The molecule has 2 heteroatoms. The highest BCUT2D eigenvalue weighted by atomic mass is 16.3. The first-order valence-corrected chi connectivity index (χ1v) is 6.37. The molecule has 0 bridgehead atoms. The van der Waals surface area contributed by atoms with Crippen LogP contribution in [0.15, 0.2) is 54.6 Å². The molecule has 0 aromatic heterocycles. The molecule has 1 atom stereocenters. The largest absolute Gasteiger partial charge is 0.508 e. The van der Waals surface area contributed by atoms with Gasteiger partial charge in [-0.3, -0.25) is 0 Å². The predicted octanol–water partition coefficient (Wildman–Crippen LogP) is 3.86. The average Bonchev–Trinajstić information content (AvgIpc) is 2.41.